The standard InChI is InChI=1S/C3H9N.C2H6O.ClH/c1-2-3-4;1-2-3;/h2-4H2,1H3;3H,2H2,1H3;1H. The van der Waals surface area contributed by atoms with Crippen molar-refractivity contribution < 1.29 is 5.11 Å². The lowest BCUT2D eigenvalue weighted by molar-refractivity contribution is 0.318. The van der Waals surface area contributed by atoms with Crippen molar-refractivity contribution in [2.24, 2.45) is 5.73 Å². The molecule has 0 saturated heterocycles. The third kappa shape index (κ3) is 115. The molecule has 0 aromatic carbocycles. The Hall–Kier alpha value is 0.210. The van der Waals surface area contributed by atoms with Crippen LogP contribution in [0.5, 0.6) is 0 Å². The Bertz CT molecular complexity index is 19.9. The molecule has 0 rings (SSSR count). The molecule has 0 aliphatic carbocycles. The number of aliphatic hydroxyl groups is 1. The van der Waals surface area contributed by atoms with E-state index in [4.69, 9.17) is 10.8 Å². The van der Waals surface area contributed by atoms with E-state index in [1.807, 2.05) is 0 Å². The normalized spacial score (nSPS) is 6.00. The first-order valence-electron chi connectivity index (χ1n) is 2.64. The minimum Gasteiger partial charge on any atom is -0.397 e. The van der Waals surface area contributed by atoms with Gasteiger partial charge in [0.25, 0.3) is 0 Å². The second kappa shape index (κ2) is 27.0. The molecular formula is C5H16ClNO. The van der Waals surface area contributed by atoms with Crippen LogP contribution in [0.3, 0.4) is 0 Å². The van der Waals surface area contributed by atoms with Gasteiger partial charge in [0, 0.05) is 6.61 Å². The molecule has 54 valence electrons. The third-order valence-electron chi connectivity index (χ3n) is 0.289. The molecule has 0 aliphatic heterocycles. The van der Waals surface area contributed by atoms with Crippen LogP contribution < -0.4 is 5.73 Å². The number of halogens is 1. The molecule has 0 aromatic heterocycles. The van der Waals surface area contributed by atoms with Gasteiger partial charge in [-0.3, -0.25) is 0 Å². The van der Waals surface area contributed by atoms with E-state index < -0.39 is 0 Å². The average molecular weight is 142 g/mol. The van der Waals surface area contributed by atoms with E-state index in [9.17, 15) is 0 Å². The maximum absolute atomic E-state index is 7.57. The minimum absolute atomic E-state index is 0. The van der Waals surface area contributed by atoms with Crippen LogP contribution in [0.15, 0.2) is 0 Å². The SMILES string of the molecule is CCCN.CCO.Cl. The first-order valence-corrected chi connectivity index (χ1v) is 2.64. The molecule has 0 bridgehead atoms. The molecule has 2 nitrogen and oxygen atoms in total. The first-order chi connectivity index (χ1) is 3.33. The molecule has 0 heterocycles. The lowest BCUT2D eigenvalue weighted by atomic mass is 10.5. The van der Waals surface area contributed by atoms with Crippen LogP contribution >= 0.6 is 12.4 Å². The highest BCUT2D eigenvalue weighted by atomic mass is 35.5. The van der Waals surface area contributed by atoms with Crippen LogP contribution in [0.25, 0.3) is 0 Å². The van der Waals surface area contributed by atoms with Crippen molar-refractivity contribution >= 4 is 12.4 Å². The summed E-state index contributed by atoms with van der Waals surface area (Å²) in [4.78, 5) is 0. The third-order valence-corrected chi connectivity index (χ3v) is 0.289. The smallest absolute Gasteiger partial charge is 0.0402 e. The van der Waals surface area contributed by atoms with E-state index in [0.29, 0.717) is 0 Å². The number of aliphatic hydroxyl groups excluding tert-OH is 1. The summed E-state index contributed by atoms with van der Waals surface area (Å²) in [6, 6.07) is 0. The van der Waals surface area contributed by atoms with E-state index in [1.165, 1.54) is 0 Å². The summed E-state index contributed by atoms with van der Waals surface area (Å²) >= 11 is 0. The molecule has 0 radical (unpaired) electrons. The van der Waals surface area contributed by atoms with Gasteiger partial charge in [-0.1, -0.05) is 6.92 Å². The van der Waals surface area contributed by atoms with Crippen LogP contribution in [-0.2, 0) is 0 Å². The lowest BCUT2D eigenvalue weighted by Gasteiger charge is -1.70. The first kappa shape index (κ1) is 15.7. The van der Waals surface area contributed by atoms with E-state index in [-0.39, 0.29) is 19.0 Å². The summed E-state index contributed by atoms with van der Waals surface area (Å²) in [7, 11) is 0. The number of hydrogen-bond donors (Lipinski definition) is 2. The van der Waals surface area contributed by atoms with Crippen molar-refractivity contribution in [2.75, 3.05) is 13.2 Å². The largest absolute Gasteiger partial charge is 0.397 e. The van der Waals surface area contributed by atoms with Gasteiger partial charge in [0.05, 0.1) is 0 Å². The van der Waals surface area contributed by atoms with Gasteiger partial charge in [-0.15, -0.1) is 12.4 Å². The van der Waals surface area contributed by atoms with Crippen LogP contribution in [0, 0.1) is 0 Å². The molecule has 8 heavy (non-hydrogen) atoms. The summed E-state index contributed by atoms with van der Waals surface area (Å²) < 4.78 is 0. The van der Waals surface area contributed by atoms with Crippen molar-refractivity contribution in [3.63, 3.8) is 0 Å². The van der Waals surface area contributed by atoms with Crippen LogP contribution in [0.1, 0.15) is 20.3 Å². The monoisotopic (exact) mass is 141 g/mol. The predicted molar refractivity (Wildman–Crippen MR) is 39.4 cm³/mol. The Labute approximate surface area is 57.5 Å². The van der Waals surface area contributed by atoms with Crippen molar-refractivity contribution in [2.45, 2.75) is 20.3 Å². The number of hydrogen-bond acceptors (Lipinski definition) is 2. The van der Waals surface area contributed by atoms with E-state index >= 15 is 0 Å². The van der Waals surface area contributed by atoms with Gasteiger partial charge >= 0.3 is 0 Å². The van der Waals surface area contributed by atoms with Gasteiger partial charge < -0.3 is 10.8 Å². The van der Waals surface area contributed by atoms with Gasteiger partial charge in [0.2, 0.25) is 0 Å². The van der Waals surface area contributed by atoms with Gasteiger partial charge in [0.1, 0.15) is 0 Å². The molecule has 0 saturated carbocycles. The Balaban J connectivity index is -0.0000000575. The maximum atomic E-state index is 7.57. The van der Waals surface area contributed by atoms with Crippen molar-refractivity contribution in [3.8, 4) is 0 Å². The quantitative estimate of drug-likeness (QED) is 0.567. The highest BCUT2D eigenvalue weighted by Crippen LogP contribution is 1.57. The van der Waals surface area contributed by atoms with Crippen LogP contribution in [0.2, 0.25) is 0 Å². The van der Waals surface area contributed by atoms with E-state index in [2.05, 4.69) is 6.92 Å². The molecule has 0 unspecified atom stereocenters. The number of rotatable bonds is 1. The molecule has 0 aliphatic rings. The van der Waals surface area contributed by atoms with Crippen molar-refractivity contribution in [3.05, 3.63) is 0 Å². The average Bonchev–Trinajstić information content (AvgIpc) is 1.69. The summed E-state index contributed by atoms with van der Waals surface area (Å²) in [5.74, 6) is 0. The molecule has 0 aromatic rings. The van der Waals surface area contributed by atoms with Gasteiger partial charge in [-0.25, -0.2) is 0 Å². The van der Waals surface area contributed by atoms with Crippen LogP contribution in [0.4, 0.5) is 0 Å². The highest BCUT2D eigenvalue weighted by Gasteiger charge is 1.55. The maximum Gasteiger partial charge on any atom is 0.0402 e. The predicted octanol–water partition coefficient (Wildman–Crippen LogP) is 0.776. The second-order valence-electron chi connectivity index (χ2n) is 1.10. The molecule has 3 heteroatoms. The topological polar surface area (TPSA) is 46.2 Å². The van der Waals surface area contributed by atoms with Gasteiger partial charge in [-0.2, -0.15) is 0 Å². The molecule has 0 spiro atoms. The summed E-state index contributed by atoms with van der Waals surface area (Å²) in [5, 5.41) is 7.57. The fraction of sp³-hybridized carbons (Fsp3) is 1.00. The molecule has 0 atom stereocenters. The zero-order chi connectivity index (χ0) is 6.12. The summed E-state index contributed by atoms with van der Waals surface area (Å²) in [6.45, 7) is 4.81. The Morgan fingerprint density at radius 3 is 1.50 bits per heavy atom. The Morgan fingerprint density at radius 1 is 1.38 bits per heavy atom. The zero-order valence-electron chi connectivity index (χ0n) is 5.55. The molecular weight excluding hydrogens is 126 g/mol. The van der Waals surface area contributed by atoms with Crippen LogP contribution in [-0.4, -0.2) is 18.3 Å². The second-order valence-corrected chi connectivity index (χ2v) is 1.10. The van der Waals surface area contributed by atoms with Gasteiger partial charge in [0.15, 0.2) is 0 Å². The highest BCUT2D eigenvalue weighted by molar-refractivity contribution is 5.85. The zero-order valence-corrected chi connectivity index (χ0v) is 6.37. The molecule has 0 fully saturated rings. The summed E-state index contributed by atoms with van der Waals surface area (Å²) in [5.41, 5.74) is 5.03. The van der Waals surface area contributed by atoms with E-state index in [0.717, 1.165) is 13.0 Å². The van der Waals surface area contributed by atoms with E-state index in [1.54, 1.807) is 6.92 Å². The molecule has 0 amide bonds. The summed E-state index contributed by atoms with van der Waals surface area (Å²) in [6.07, 6.45) is 1.10. The molecule has 3 N–H and O–H groups in total. The lowest BCUT2D eigenvalue weighted by Crippen LogP contribution is -1.93. The number of nitrogens with two attached hydrogens (primary N) is 1. The van der Waals surface area contributed by atoms with Crippen molar-refractivity contribution in [1.82, 2.24) is 0 Å². The van der Waals surface area contributed by atoms with Crippen molar-refractivity contribution in [1.29, 1.82) is 0 Å². The minimum atomic E-state index is 0. The Morgan fingerprint density at radius 2 is 1.50 bits per heavy atom. The fourth-order valence-corrected chi connectivity index (χ4v) is 0. The van der Waals surface area contributed by atoms with Gasteiger partial charge in [-0.05, 0) is 19.9 Å². The fourth-order valence-electron chi connectivity index (χ4n) is 0. The Kier molecular flexibility index (Phi) is 53.0.